The van der Waals surface area contributed by atoms with Crippen LogP contribution in [0.5, 0.6) is 0 Å². The lowest BCUT2D eigenvalue weighted by atomic mass is 9.79. The van der Waals surface area contributed by atoms with Crippen molar-refractivity contribution >= 4 is 17.5 Å². The Morgan fingerprint density at radius 3 is 2.17 bits per heavy atom. The Balaban J connectivity index is 1.05. The van der Waals surface area contributed by atoms with Crippen LogP contribution in [0.25, 0.3) is 0 Å². The Hall–Kier alpha value is -2.04. The summed E-state index contributed by atoms with van der Waals surface area (Å²) in [5.41, 5.74) is 1.67. The van der Waals surface area contributed by atoms with E-state index in [1.165, 1.54) is 24.9 Å². The summed E-state index contributed by atoms with van der Waals surface area (Å²) >= 11 is 0. The van der Waals surface area contributed by atoms with E-state index in [-0.39, 0.29) is 0 Å². The summed E-state index contributed by atoms with van der Waals surface area (Å²) in [6, 6.07) is 10.5. The predicted octanol–water partition coefficient (Wildman–Crippen LogP) is 3.15. The molecule has 2 saturated heterocycles. The van der Waals surface area contributed by atoms with Gasteiger partial charge in [-0.05, 0) is 55.6 Å². The molecule has 2 heterocycles. The second-order valence-electron chi connectivity index (χ2n) is 9.65. The molecule has 1 atom stereocenters. The average Bonchev–Trinajstić information content (AvgIpc) is 3.51. The monoisotopic (exact) mass is 395 g/mol. The van der Waals surface area contributed by atoms with Crippen molar-refractivity contribution in [2.75, 3.05) is 44.2 Å². The molecule has 156 valence electrons. The van der Waals surface area contributed by atoms with Crippen LogP contribution in [0.15, 0.2) is 30.3 Å². The molecule has 0 N–H and O–H groups in total. The molecule has 0 radical (unpaired) electrons. The third kappa shape index (κ3) is 3.76. The summed E-state index contributed by atoms with van der Waals surface area (Å²) < 4.78 is 0. The first-order valence-corrected chi connectivity index (χ1v) is 11.5. The Kier molecular flexibility index (Phi) is 5.00. The van der Waals surface area contributed by atoms with Crippen LogP contribution < -0.4 is 4.90 Å². The van der Waals surface area contributed by atoms with E-state index in [0.717, 1.165) is 58.5 Å². The number of para-hydroxylation sites is 1. The number of carbonyl (C=O) groups excluding carboxylic acids is 2. The van der Waals surface area contributed by atoms with E-state index in [0.29, 0.717) is 35.5 Å². The number of hydrogen-bond acceptors (Lipinski definition) is 3. The lowest BCUT2D eigenvalue weighted by molar-refractivity contribution is -0.136. The third-order valence-corrected chi connectivity index (χ3v) is 7.98. The number of nitrogens with zero attached hydrogens (tertiary/aromatic N) is 3. The number of rotatable bonds is 4. The molecule has 0 bridgehead atoms. The molecule has 0 unspecified atom stereocenters. The quantitative estimate of drug-likeness (QED) is 0.787. The van der Waals surface area contributed by atoms with Crippen LogP contribution >= 0.6 is 0 Å². The molecule has 2 aliphatic heterocycles. The van der Waals surface area contributed by atoms with Crippen molar-refractivity contribution in [1.82, 2.24) is 9.80 Å². The molecule has 4 fully saturated rings. The number of anilines is 1. The zero-order chi connectivity index (χ0) is 19.8. The number of benzene rings is 1. The number of carbonyl (C=O) groups is 2. The van der Waals surface area contributed by atoms with Crippen molar-refractivity contribution in [3.05, 3.63) is 30.3 Å². The van der Waals surface area contributed by atoms with Crippen molar-refractivity contribution in [1.29, 1.82) is 0 Å². The van der Waals surface area contributed by atoms with E-state index < -0.39 is 0 Å². The average molecular weight is 396 g/mol. The fourth-order valence-corrected chi connectivity index (χ4v) is 5.69. The van der Waals surface area contributed by atoms with Gasteiger partial charge in [-0.1, -0.05) is 24.6 Å². The van der Waals surface area contributed by atoms with Gasteiger partial charge in [0.05, 0.1) is 0 Å². The van der Waals surface area contributed by atoms with Crippen LogP contribution in [0.3, 0.4) is 0 Å². The van der Waals surface area contributed by atoms with E-state index in [1.54, 1.807) is 0 Å². The van der Waals surface area contributed by atoms with Crippen molar-refractivity contribution < 1.29 is 9.59 Å². The van der Waals surface area contributed by atoms with Gasteiger partial charge in [-0.2, -0.15) is 0 Å². The predicted molar refractivity (Wildman–Crippen MR) is 114 cm³/mol. The van der Waals surface area contributed by atoms with Crippen molar-refractivity contribution in [2.24, 2.45) is 17.3 Å². The summed E-state index contributed by atoms with van der Waals surface area (Å²) in [5.74, 6) is 1.48. The molecule has 29 heavy (non-hydrogen) atoms. The molecule has 0 aromatic heterocycles. The summed E-state index contributed by atoms with van der Waals surface area (Å²) in [5, 5.41) is 0. The Morgan fingerprint density at radius 1 is 0.897 bits per heavy atom. The molecule has 1 aromatic rings. The van der Waals surface area contributed by atoms with Crippen LogP contribution in [0.1, 0.15) is 44.9 Å². The molecule has 5 nitrogen and oxygen atoms in total. The smallest absolute Gasteiger partial charge is 0.226 e. The van der Waals surface area contributed by atoms with Gasteiger partial charge in [-0.3, -0.25) is 9.59 Å². The van der Waals surface area contributed by atoms with Crippen molar-refractivity contribution in [3.63, 3.8) is 0 Å². The zero-order valence-electron chi connectivity index (χ0n) is 17.4. The largest absolute Gasteiger partial charge is 0.368 e. The van der Waals surface area contributed by atoms with Gasteiger partial charge in [0, 0.05) is 57.3 Å². The molecule has 1 aromatic carbocycles. The zero-order valence-corrected chi connectivity index (χ0v) is 17.4. The van der Waals surface area contributed by atoms with E-state index in [9.17, 15) is 9.59 Å². The second-order valence-corrected chi connectivity index (χ2v) is 9.65. The van der Waals surface area contributed by atoms with E-state index in [4.69, 9.17) is 0 Å². The number of piperazine rings is 1. The third-order valence-electron chi connectivity index (χ3n) is 7.98. The molecular formula is C24H33N3O2. The van der Waals surface area contributed by atoms with E-state index in [2.05, 4.69) is 34.1 Å². The fourth-order valence-electron chi connectivity index (χ4n) is 5.69. The highest BCUT2D eigenvalue weighted by Crippen LogP contribution is 2.66. The number of hydrogen-bond donors (Lipinski definition) is 0. The molecule has 4 aliphatic rings. The standard InChI is InChI=1S/C24H33N3O2/c28-22(26-15-13-25(14-16-26)20-5-2-1-3-6-20)17-19-7-11-27(12-8-19)23(29)21-18-24(21)9-4-10-24/h1-3,5-6,19,21H,4,7-18H2/t21-/m0/s1. The van der Waals surface area contributed by atoms with Crippen molar-refractivity contribution in [3.8, 4) is 0 Å². The summed E-state index contributed by atoms with van der Waals surface area (Å²) in [6.07, 6.45) is 7.62. The minimum absolute atomic E-state index is 0.304. The first-order chi connectivity index (χ1) is 14.1. The molecule has 1 spiro atoms. The van der Waals surface area contributed by atoms with Crippen LogP contribution in [0.4, 0.5) is 5.69 Å². The van der Waals surface area contributed by atoms with Gasteiger partial charge in [-0.25, -0.2) is 0 Å². The van der Waals surface area contributed by atoms with E-state index in [1.807, 2.05) is 11.0 Å². The van der Waals surface area contributed by atoms with Crippen LogP contribution in [0.2, 0.25) is 0 Å². The van der Waals surface area contributed by atoms with Gasteiger partial charge in [0.15, 0.2) is 0 Å². The Morgan fingerprint density at radius 2 is 1.59 bits per heavy atom. The number of piperidine rings is 1. The summed E-state index contributed by atoms with van der Waals surface area (Å²) in [7, 11) is 0. The lowest BCUT2D eigenvalue weighted by Crippen LogP contribution is -2.49. The summed E-state index contributed by atoms with van der Waals surface area (Å²) in [6.45, 7) is 5.15. The van der Waals surface area contributed by atoms with Crippen LogP contribution in [-0.4, -0.2) is 60.9 Å². The second kappa shape index (κ2) is 7.66. The minimum Gasteiger partial charge on any atom is -0.368 e. The maximum absolute atomic E-state index is 12.8. The molecule has 2 saturated carbocycles. The van der Waals surface area contributed by atoms with Gasteiger partial charge >= 0.3 is 0 Å². The van der Waals surface area contributed by atoms with Gasteiger partial charge in [0.1, 0.15) is 0 Å². The maximum atomic E-state index is 12.8. The number of likely N-dealkylation sites (tertiary alicyclic amines) is 1. The van der Waals surface area contributed by atoms with Gasteiger partial charge in [0.2, 0.25) is 11.8 Å². The fraction of sp³-hybridized carbons (Fsp3) is 0.667. The van der Waals surface area contributed by atoms with Gasteiger partial charge < -0.3 is 14.7 Å². The van der Waals surface area contributed by atoms with E-state index >= 15 is 0 Å². The lowest BCUT2D eigenvalue weighted by Gasteiger charge is -2.38. The summed E-state index contributed by atoms with van der Waals surface area (Å²) in [4.78, 5) is 32.0. The molecule has 2 amide bonds. The van der Waals surface area contributed by atoms with Crippen LogP contribution in [0, 0.1) is 17.3 Å². The van der Waals surface area contributed by atoms with Gasteiger partial charge in [-0.15, -0.1) is 0 Å². The molecular weight excluding hydrogens is 362 g/mol. The normalized spacial score (nSPS) is 26.3. The SMILES string of the molecule is O=C(CC1CCN(C(=O)[C@@H]2CC23CCC3)CC1)N1CCN(c2ccccc2)CC1. The Labute approximate surface area is 174 Å². The highest BCUT2D eigenvalue weighted by atomic mass is 16.2. The minimum atomic E-state index is 0.304. The van der Waals surface area contributed by atoms with Crippen molar-refractivity contribution in [2.45, 2.75) is 44.9 Å². The highest BCUT2D eigenvalue weighted by molar-refractivity contribution is 5.83. The molecule has 5 heteroatoms. The van der Waals surface area contributed by atoms with Gasteiger partial charge in [0.25, 0.3) is 0 Å². The topological polar surface area (TPSA) is 43.9 Å². The molecule has 5 rings (SSSR count). The number of amides is 2. The Bertz CT molecular complexity index is 745. The first kappa shape index (κ1) is 19.0. The maximum Gasteiger partial charge on any atom is 0.226 e. The van der Waals surface area contributed by atoms with Crippen LogP contribution in [-0.2, 0) is 9.59 Å². The highest BCUT2D eigenvalue weighted by Gasteiger charge is 2.61. The first-order valence-electron chi connectivity index (χ1n) is 11.5. The molecule has 2 aliphatic carbocycles.